The first-order valence-corrected chi connectivity index (χ1v) is 9.75. The van der Waals surface area contributed by atoms with Crippen LogP contribution in [0.3, 0.4) is 0 Å². The van der Waals surface area contributed by atoms with Crippen LogP contribution in [0.5, 0.6) is 0 Å². The highest BCUT2D eigenvalue weighted by molar-refractivity contribution is 7.89. The number of aryl methyl sites for hydroxylation is 2. The van der Waals surface area contributed by atoms with Crippen LogP contribution in [-0.2, 0) is 21.9 Å². The maximum absolute atomic E-state index is 12.9. The van der Waals surface area contributed by atoms with Gasteiger partial charge in [0.05, 0.1) is 17.7 Å². The number of sulfonamides is 1. The molecule has 0 saturated carbocycles. The highest BCUT2D eigenvalue weighted by atomic mass is 32.2. The third-order valence-corrected chi connectivity index (χ3v) is 6.68. The van der Waals surface area contributed by atoms with Crippen LogP contribution in [0.25, 0.3) is 6.08 Å². The highest BCUT2D eigenvalue weighted by Gasteiger charge is 2.33. The van der Waals surface area contributed by atoms with Gasteiger partial charge in [-0.15, -0.1) is 0 Å². The van der Waals surface area contributed by atoms with Crippen molar-refractivity contribution in [2.75, 3.05) is 26.2 Å². The summed E-state index contributed by atoms with van der Waals surface area (Å²) >= 11 is 0. The highest BCUT2D eigenvalue weighted by Crippen LogP contribution is 2.24. The molecule has 1 aliphatic heterocycles. The summed E-state index contributed by atoms with van der Waals surface area (Å²) in [6.45, 7) is 4.65. The van der Waals surface area contributed by atoms with Crippen LogP contribution in [0.2, 0.25) is 0 Å². The average molecular weight is 378 g/mol. The van der Waals surface area contributed by atoms with E-state index in [0.717, 1.165) is 0 Å². The van der Waals surface area contributed by atoms with Gasteiger partial charge in [0.25, 0.3) is 0 Å². The summed E-state index contributed by atoms with van der Waals surface area (Å²) in [7, 11) is -1.89. The fraction of sp³-hybridized carbons (Fsp3) is 0.412. The predicted octanol–water partition coefficient (Wildman–Crippen LogP) is 1.18. The van der Waals surface area contributed by atoms with Gasteiger partial charge in [-0.05, 0) is 32.1 Å². The molecule has 0 atom stereocenters. The lowest BCUT2D eigenvalue weighted by molar-refractivity contribution is -0.127. The zero-order valence-electron chi connectivity index (χ0n) is 15.0. The van der Waals surface area contributed by atoms with Crippen molar-refractivity contribution in [3.63, 3.8) is 0 Å². The quantitative estimate of drug-likeness (QED) is 0.746. The van der Waals surface area contributed by atoms with E-state index < -0.39 is 10.0 Å². The van der Waals surface area contributed by atoms with Crippen LogP contribution >= 0.6 is 0 Å². The molecule has 3 heterocycles. The minimum atomic E-state index is -3.62. The summed E-state index contributed by atoms with van der Waals surface area (Å²) in [6.07, 6.45) is 4.59. The number of piperazine rings is 1. The molecule has 0 bridgehead atoms. The monoisotopic (exact) mass is 378 g/mol. The molecule has 0 N–H and O–H groups in total. The summed E-state index contributed by atoms with van der Waals surface area (Å²) in [5.74, 6) is 0.439. The first-order valence-electron chi connectivity index (χ1n) is 8.31. The molecule has 0 radical (unpaired) electrons. The standard InChI is InChI=1S/C17H22N4O4S/c1-13-17(14(2)19(3)18-13)26(23,24)21-10-8-20(9-11-21)16(22)7-6-15-5-4-12-25-15/h4-7,12H,8-11H2,1-3H3. The van der Waals surface area contributed by atoms with E-state index in [-0.39, 0.29) is 23.9 Å². The number of aromatic nitrogens is 2. The van der Waals surface area contributed by atoms with Gasteiger partial charge in [-0.25, -0.2) is 8.42 Å². The molecule has 0 unspecified atom stereocenters. The number of rotatable bonds is 4. The minimum Gasteiger partial charge on any atom is -0.465 e. The van der Waals surface area contributed by atoms with E-state index in [1.165, 1.54) is 16.6 Å². The molecule has 1 saturated heterocycles. The molecule has 3 rings (SSSR count). The maximum atomic E-state index is 12.9. The molecule has 2 aromatic heterocycles. The summed E-state index contributed by atoms with van der Waals surface area (Å²) in [5.41, 5.74) is 1.10. The lowest BCUT2D eigenvalue weighted by atomic mass is 10.3. The van der Waals surface area contributed by atoms with Crippen molar-refractivity contribution in [1.82, 2.24) is 19.0 Å². The van der Waals surface area contributed by atoms with Crippen molar-refractivity contribution in [1.29, 1.82) is 0 Å². The summed E-state index contributed by atoms with van der Waals surface area (Å²) < 4.78 is 34.0. The molecule has 2 aromatic rings. The molecular weight excluding hydrogens is 356 g/mol. The number of amides is 1. The molecular formula is C17H22N4O4S. The first kappa shape index (κ1) is 18.4. The molecule has 26 heavy (non-hydrogen) atoms. The van der Waals surface area contributed by atoms with Gasteiger partial charge in [0.15, 0.2) is 0 Å². The average Bonchev–Trinajstić information content (AvgIpc) is 3.21. The zero-order valence-corrected chi connectivity index (χ0v) is 15.9. The van der Waals surface area contributed by atoms with Crippen LogP contribution < -0.4 is 0 Å². The third-order valence-electron chi connectivity index (χ3n) is 4.52. The molecule has 0 aliphatic carbocycles. The third kappa shape index (κ3) is 3.45. The Bertz CT molecular complexity index is 920. The Morgan fingerprint density at radius 3 is 2.46 bits per heavy atom. The van der Waals surface area contributed by atoms with Crippen molar-refractivity contribution in [3.8, 4) is 0 Å². The normalized spacial score (nSPS) is 16.5. The SMILES string of the molecule is Cc1nn(C)c(C)c1S(=O)(=O)N1CCN(C(=O)C=Cc2ccco2)CC1. The second kappa shape index (κ2) is 7.08. The van der Waals surface area contributed by atoms with Crippen molar-refractivity contribution in [2.45, 2.75) is 18.7 Å². The Kier molecular flexibility index (Phi) is 5.01. The van der Waals surface area contributed by atoms with Crippen LogP contribution in [0.1, 0.15) is 17.1 Å². The zero-order chi connectivity index (χ0) is 18.9. The predicted molar refractivity (Wildman–Crippen MR) is 95.8 cm³/mol. The fourth-order valence-electron chi connectivity index (χ4n) is 3.05. The Morgan fingerprint density at radius 1 is 1.23 bits per heavy atom. The van der Waals surface area contributed by atoms with Crippen LogP contribution in [-0.4, -0.2) is 59.5 Å². The molecule has 0 spiro atoms. The van der Waals surface area contributed by atoms with Gasteiger partial charge in [-0.3, -0.25) is 9.48 Å². The van der Waals surface area contributed by atoms with E-state index >= 15 is 0 Å². The van der Waals surface area contributed by atoms with Crippen LogP contribution in [0, 0.1) is 13.8 Å². The van der Waals surface area contributed by atoms with Gasteiger partial charge in [-0.2, -0.15) is 9.40 Å². The van der Waals surface area contributed by atoms with Crippen LogP contribution in [0.15, 0.2) is 33.8 Å². The molecule has 9 heteroatoms. The van der Waals surface area contributed by atoms with E-state index in [2.05, 4.69) is 5.10 Å². The Balaban J connectivity index is 1.67. The molecule has 8 nitrogen and oxygen atoms in total. The number of carbonyl (C=O) groups is 1. The number of carbonyl (C=O) groups excluding carboxylic acids is 1. The number of nitrogens with zero attached hydrogens (tertiary/aromatic N) is 4. The van der Waals surface area contributed by atoms with Gasteiger partial charge in [-0.1, -0.05) is 0 Å². The van der Waals surface area contributed by atoms with E-state index in [4.69, 9.17) is 4.42 Å². The van der Waals surface area contributed by atoms with E-state index in [1.54, 1.807) is 48.7 Å². The smallest absolute Gasteiger partial charge is 0.246 e. The molecule has 1 fully saturated rings. The Morgan fingerprint density at radius 2 is 1.92 bits per heavy atom. The lowest BCUT2D eigenvalue weighted by Gasteiger charge is -2.33. The van der Waals surface area contributed by atoms with E-state index in [9.17, 15) is 13.2 Å². The second-order valence-electron chi connectivity index (χ2n) is 6.20. The van der Waals surface area contributed by atoms with Gasteiger partial charge in [0.2, 0.25) is 15.9 Å². The fourth-order valence-corrected chi connectivity index (χ4v) is 4.87. The van der Waals surface area contributed by atoms with Crippen molar-refractivity contribution in [3.05, 3.63) is 41.6 Å². The van der Waals surface area contributed by atoms with Gasteiger partial charge in [0, 0.05) is 39.3 Å². The maximum Gasteiger partial charge on any atom is 0.246 e. The number of hydrogen-bond donors (Lipinski definition) is 0. The Labute approximate surface area is 152 Å². The summed E-state index contributed by atoms with van der Waals surface area (Å²) in [5, 5.41) is 4.19. The number of hydrogen-bond acceptors (Lipinski definition) is 5. The Hall–Kier alpha value is -2.39. The van der Waals surface area contributed by atoms with Gasteiger partial charge >= 0.3 is 0 Å². The minimum absolute atomic E-state index is 0.160. The van der Waals surface area contributed by atoms with Crippen molar-refractivity contribution >= 4 is 22.0 Å². The van der Waals surface area contributed by atoms with E-state index in [1.807, 2.05) is 0 Å². The van der Waals surface area contributed by atoms with Crippen LogP contribution in [0.4, 0.5) is 0 Å². The number of furan rings is 1. The lowest BCUT2D eigenvalue weighted by Crippen LogP contribution is -2.50. The van der Waals surface area contributed by atoms with E-state index in [0.29, 0.717) is 30.2 Å². The second-order valence-corrected chi connectivity index (χ2v) is 8.08. The first-order chi connectivity index (χ1) is 12.3. The van der Waals surface area contributed by atoms with Crippen molar-refractivity contribution < 1.29 is 17.6 Å². The molecule has 1 amide bonds. The van der Waals surface area contributed by atoms with Gasteiger partial charge < -0.3 is 9.32 Å². The topological polar surface area (TPSA) is 88.7 Å². The molecule has 0 aromatic carbocycles. The summed E-state index contributed by atoms with van der Waals surface area (Å²) in [6, 6.07) is 3.50. The summed E-state index contributed by atoms with van der Waals surface area (Å²) in [4.78, 5) is 14.1. The largest absolute Gasteiger partial charge is 0.465 e. The van der Waals surface area contributed by atoms with Crippen molar-refractivity contribution in [2.24, 2.45) is 7.05 Å². The molecule has 1 aliphatic rings. The van der Waals surface area contributed by atoms with Gasteiger partial charge in [0.1, 0.15) is 10.7 Å². The molecule has 140 valence electrons.